The van der Waals surface area contributed by atoms with Crippen molar-refractivity contribution in [2.24, 2.45) is 0 Å². The number of methoxy groups -OCH3 is 1. The van der Waals surface area contributed by atoms with Crippen LogP contribution in [0.2, 0.25) is 0 Å². The van der Waals surface area contributed by atoms with E-state index in [-0.39, 0.29) is 24.3 Å². The zero-order chi connectivity index (χ0) is 28.2. The van der Waals surface area contributed by atoms with Crippen molar-refractivity contribution in [3.63, 3.8) is 0 Å². The minimum Gasteiger partial charge on any atom is -0.375 e. The number of likely N-dealkylation sites (N-methyl/N-ethyl adjacent to an activating group) is 1. The van der Waals surface area contributed by atoms with Gasteiger partial charge in [-0.25, -0.2) is 0 Å². The first-order valence-electron chi connectivity index (χ1n) is 14.2. The predicted octanol–water partition coefficient (Wildman–Crippen LogP) is 4.66. The van der Waals surface area contributed by atoms with E-state index < -0.39 is 5.72 Å². The van der Waals surface area contributed by atoms with Crippen LogP contribution in [0.1, 0.15) is 42.4 Å². The maximum atomic E-state index is 13.6. The molecule has 41 heavy (non-hydrogen) atoms. The zero-order valence-corrected chi connectivity index (χ0v) is 24.2. The number of carbonyl (C=O) groups is 1. The molecule has 3 aromatic carbocycles. The van der Waals surface area contributed by atoms with Gasteiger partial charge >= 0.3 is 0 Å². The quantitative estimate of drug-likeness (QED) is 0.234. The summed E-state index contributed by atoms with van der Waals surface area (Å²) in [4.78, 5) is 13.6. The standard InChI is InChI=1S/C31H32N6O3S/c1-5-33-30(41)35-15-10-11-20-17(12-15)24-25-18(14-34-29(25)38)23-16-8-6-7-9-21(16)37-27(23)26(24)36(20)22-13-19(32-3)28(39-4)31(37,2)40-22/h6-12,19,22,28,32H,5,13-14H2,1-4H3,(H,34,38)(H2,33,35,41)/t19-,22+,28+,31+/m1/s1. The number of anilines is 1. The molecular formula is C31H32N6O3S. The summed E-state index contributed by atoms with van der Waals surface area (Å²) in [5.74, 6) is -0.0402. The van der Waals surface area contributed by atoms with Crippen molar-refractivity contribution in [2.45, 2.75) is 50.9 Å². The number of nitrogens with one attached hydrogen (secondary N) is 4. The van der Waals surface area contributed by atoms with Crippen LogP contribution in [0, 0.1) is 0 Å². The third-order valence-electron chi connectivity index (χ3n) is 9.28. The molecule has 10 heteroatoms. The van der Waals surface area contributed by atoms with Crippen LogP contribution in [0.4, 0.5) is 5.69 Å². The second kappa shape index (κ2) is 8.65. The Bertz CT molecular complexity index is 1960. The summed E-state index contributed by atoms with van der Waals surface area (Å²) in [6, 6.07) is 14.8. The summed E-state index contributed by atoms with van der Waals surface area (Å²) in [6.07, 6.45) is 0.182. The molecule has 1 amide bonds. The lowest BCUT2D eigenvalue weighted by Gasteiger charge is -2.48. The molecule has 4 N–H and O–H groups in total. The van der Waals surface area contributed by atoms with Crippen molar-refractivity contribution in [3.05, 3.63) is 53.6 Å². The van der Waals surface area contributed by atoms with Gasteiger partial charge < -0.3 is 39.9 Å². The Morgan fingerprint density at radius 2 is 2.00 bits per heavy atom. The number of ether oxygens (including phenoxy) is 2. The number of benzene rings is 3. The first-order chi connectivity index (χ1) is 19.9. The van der Waals surface area contributed by atoms with Gasteiger partial charge in [0, 0.05) is 59.9 Å². The molecule has 9 nitrogen and oxygen atoms in total. The monoisotopic (exact) mass is 568 g/mol. The van der Waals surface area contributed by atoms with Gasteiger partial charge in [0.1, 0.15) is 12.3 Å². The van der Waals surface area contributed by atoms with E-state index in [0.29, 0.717) is 18.1 Å². The van der Waals surface area contributed by atoms with Crippen LogP contribution < -0.4 is 21.3 Å². The number of nitrogens with zero attached hydrogens (tertiary/aromatic N) is 2. The minimum absolute atomic E-state index is 0.0374. The zero-order valence-electron chi connectivity index (χ0n) is 23.4. The Balaban J connectivity index is 1.59. The number of thiocarbonyl (C=S) groups is 1. The molecular weight excluding hydrogens is 536 g/mol. The third kappa shape index (κ3) is 3.10. The van der Waals surface area contributed by atoms with Crippen LogP contribution in [0.15, 0.2) is 42.5 Å². The van der Waals surface area contributed by atoms with Crippen LogP contribution in [0.25, 0.3) is 43.6 Å². The maximum absolute atomic E-state index is 13.6. The van der Waals surface area contributed by atoms with Gasteiger partial charge in [0.25, 0.3) is 5.91 Å². The lowest BCUT2D eigenvalue weighted by Crippen LogP contribution is -2.59. The van der Waals surface area contributed by atoms with Crippen molar-refractivity contribution in [3.8, 4) is 0 Å². The topological polar surface area (TPSA) is 93.5 Å². The average molecular weight is 569 g/mol. The average Bonchev–Trinajstić information content (AvgIpc) is 3.60. The summed E-state index contributed by atoms with van der Waals surface area (Å²) in [5.41, 5.74) is 6.03. The fourth-order valence-electron chi connectivity index (χ4n) is 7.80. The first-order valence-corrected chi connectivity index (χ1v) is 14.6. The molecule has 0 unspecified atom stereocenters. The number of aromatic nitrogens is 2. The van der Waals surface area contributed by atoms with Crippen molar-refractivity contribution in [1.29, 1.82) is 0 Å². The van der Waals surface area contributed by atoms with E-state index in [4.69, 9.17) is 21.7 Å². The summed E-state index contributed by atoms with van der Waals surface area (Å²) in [6.45, 7) is 5.37. The Morgan fingerprint density at radius 1 is 1.17 bits per heavy atom. The highest BCUT2D eigenvalue weighted by molar-refractivity contribution is 7.80. The lowest BCUT2D eigenvalue weighted by molar-refractivity contribution is -0.256. The Labute approximate surface area is 242 Å². The normalized spacial score (nSPS) is 24.8. The number of hydrogen-bond acceptors (Lipinski definition) is 5. The number of amides is 1. The summed E-state index contributed by atoms with van der Waals surface area (Å²) in [5, 5.41) is 17.9. The predicted molar refractivity (Wildman–Crippen MR) is 166 cm³/mol. The van der Waals surface area contributed by atoms with Crippen LogP contribution >= 0.6 is 12.2 Å². The van der Waals surface area contributed by atoms with E-state index in [1.165, 1.54) is 0 Å². The van der Waals surface area contributed by atoms with Gasteiger partial charge in [0.15, 0.2) is 10.8 Å². The molecule has 1 saturated heterocycles. The Morgan fingerprint density at radius 3 is 2.78 bits per heavy atom. The Kier molecular flexibility index (Phi) is 5.29. The van der Waals surface area contributed by atoms with Gasteiger partial charge in [0.2, 0.25) is 0 Å². The molecule has 2 bridgehead atoms. The number of hydrogen-bond donors (Lipinski definition) is 4. The summed E-state index contributed by atoms with van der Waals surface area (Å²) in [7, 11) is 3.75. The van der Waals surface area contributed by atoms with Gasteiger partial charge in [-0.15, -0.1) is 0 Å². The van der Waals surface area contributed by atoms with Gasteiger partial charge in [0.05, 0.1) is 27.6 Å². The van der Waals surface area contributed by atoms with Crippen molar-refractivity contribution < 1.29 is 14.3 Å². The van der Waals surface area contributed by atoms with Gasteiger partial charge in [-0.2, -0.15) is 0 Å². The summed E-state index contributed by atoms with van der Waals surface area (Å²) < 4.78 is 18.0. The van der Waals surface area contributed by atoms with Crippen LogP contribution in [0.3, 0.4) is 0 Å². The molecule has 0 spiro atoms. The van der Waals surface area contributed by atoms with Gasteiger partial charge in [-0.1, -0.05) is 18.2 Å². The second-order valence-electron chi connectivity index (χ2n) is 11.3. The van der Waals surface area contributed by atoms with Crippen LogP contribution in [-0.2, 0) is 21.7 Å². The molecule has 0 aliphatic carbocycles. The summed E-state index contributed by atoms with van der Waals surface area (Å²) >= 11 is 5.49. The molecule has 4 atom stereocenters. The van der Waals surface area contributed by atoms with E-state index in [2.05, 4.69) is 73.7 Å². The van der Waals surface area contributed by atoms with E-state index in [0.717, 1.165) is 67.0 Å². The molecule has 0 radical (unpaired) electrons. The van der Waals surface area contributed by atoms with Crippen LogP contribution in [-0.4, -0.2) is 53.0 Å². The first kappa shape index (κ1) is 25.0. The molecule has 1 fully saturated rings. The van der Waals surface area contributed by atoms with E-state index in [9.17, 15) is 4.79 Å². The smallest absolute Gasteiger partial charge is 0.252 e. The van der Waals surface area contributed by atoms with E-state index in [1.807, 2.05) is 20.0 Å². The van der Waals surface area contributed by atoms with Gasteiger partial charge in [-0.05, 0) is 62.9 Å². The molecule has 3 aliphatic rings. The highest BCUT2D eigenvalue weighted by Gasteiger charge is 2.53. The molecule has 210 valence electrons. The van der Waals surface area contributed by atoms with Crippen LogP contribution in [0.5, 0.6) is 0 Å². The number of para-hydroxylation sites is 1. The molecule has 3 aliphatic heterocycles. The minimum atomic E-state index is -0.811. The van der Waals surface area contributed by atoms with Crippen molar-refractivity contribution >= 4 is 72.5 Å². The van der Waals surface area contributed by atoms with Crippen molar-refractivity contribution in [1.82, 2.24) is 25.1 Å². The highest BCUT2D eigenvalue weighted by Crippen LogP contribution is 2.53. The van der Waals surface area contributed by atoms with E-state index >= 15 is 0 Å². The second-order valence-corrected chi connectivity index (χ2v) is 11.7. The molecule has 5 aromatic rings. The van der Waals surface area contributed by atoms with Crippen molar-refractivity contribution in [2.75, 3.05) is 26.0 Å². The SMILES string of the molecule is CCNC(=S)Nc1ccc2c(c1)c1c3c(c4c5ccccc5n5c4c1n2[C@@H]1C[C@@H](NC)[C@H](OC)[C@]5(C)O1)CNC3=O. The largest absolute Gasteiger partial charge is 0.375 e. The number of carbonyl (C=O) groups excluding carboxylic acids is 1. The fraction of sp³-hybridized carbons (Fsp3) is 0.355. The third-order valence-corrected chi connectivity index (χ3v) is 9.53. The number of fused-ring (bicyclic) bond motifs is 13. The number of rotatable bonds is 4. The van der Waals surface area contributed by atoms with Gasteiger partial charge in [-0.3, -0.25) is 4.79 Å². The lowest BCUT2D eigenvalue weighted by atomic mass is 9.93. The molecule has 0 saturated carbocycles. The molecule has 2 aromatic heterocycles. The maximum Gasteiger partial charge on any atom is 0.252 e. The molecule has 5 heterocycles. The highest BCUT2D eigenvalue weighted by atomic mass is 32.1. The fourth-order valence-corrected chi connectivity index (χ4v) is 8.06. The Hall–Kier alpha value is -3.70. The van der Waals surface area contributed by atoms with E-state index in [1.54, 1.807) is 7.11 Å². The molecule has 8 rings (SSSR count).